The molecule has 0 fully saturated rings. The van der Waals surface area contributed by atoms with Gasteiger partial charge in [-0.15, -0.1) is 12.6 Å². The van der Waals surface area contributed by atoms with Crippen molar-refractivity contribution in [1.82, 2.24) is 0 Å². The fourth-order valence-corrected chi connectivity index (χ4v) is 3.33. The Kier molecular flexibility index (Phi) is 3.77. The van der Waals surface area contributed by atoms with Crippen LogP contribution in [0.4, 0.5) is 0 Å². The third kappa shape index (κ3) is 2.58. The number of ether oxygens (including phenoxy) is 1. The molecule has 0 radical (unpaired) electrons. The molecule has 2 aromatic rings. The average molecular weight is 298 g/mol. The van der Waals surface area contributed by atoms with Crippen LogP contribution in [0.15, 0.2) is 41.3 Å². The van der Waals surface area contributed by atoms with E-state index in [1.807, 2.05) is 31.2 Å². The second-order valence-electron chi connectivity index (χ2n) is 5.60. The van der Waals surface area contributed by atoms with Crippen molar-refractivity contribution in [1.29, 1.82) is 0 Å². The van der Waals surface area contributed by atoms with Crippen LogP contribution in [0.2, 0.25) is 0 Å². The third-order valence-corrected chi connectivity index (χ3v) is 4.48. The number of thiol groups is 1. The van der Waals surface area contributed by atoms with Crippen molar-refractivity contribution in [2.45, 2.75) is 24.7 Å². The Bertz CT molecular complexity index is 706. The van der Waals surface area contributed by atoms with Crippen LogP contribution in [-0.2, 0) is 12.8 Å². The summed E-state index contributed by atoms with van der Waals surface area (Å²) in [6.07, 6.45) is 1.68. The summed E-state index contributed by atoms with van der Waals surface area (Å²) in [4.78, 5) is 12.9. The molecule has 0 saturated heterocycles. The Labute approximate surface area is 130 Å². The lowest BCUT2D eigenvalue weighted by Gasteiger charge is -2.10. The first-order valence-electron chi connectivity index (χ1n) is 7.11. The van der Waals surface area contributed by atoms with E-state index in [-0.39, 0.29) is 11.7 Å². The van der Waals surface area contributed by atoms with Gasteiger partial charge in [0.25, 0.3) is 0 Å². The van der Waals surface area contributed by atoms with Gasteiger partial charge < -0.3 is 4.74 Å². The zero-order valence-corrected chi connectivity index (χ0v) is 13.1. The molecule has 0 N–H and O–H groups in total. The lowest BCUT2D eigenvalue weighted by molar-refractivity contribution is 0.0946. The van der Waals surface area contributed by atoms with Gasteiger partial charge in [-0.3, -0.25) is 4.79 Å². The molecule has 0 aliphatic heterocycles. The molecule has 3 heteroatoms. The minimum absolute atomic E-state index is 0.109. The van der Waals surface area contributed by atoms with E-state index in [9.17, 15) is 4.79 Å². The van der Waals surface area contributed by atoms with Gasteiger partial charge in [0.1, 0.15) is 5.75 Å². The Morgan fingerprint density at radius 2 is 2.10 bits per heavy atom. The van der Waals surface area contributed by atoms with Gasteiger partial charge >= 0.3 is 0 Å². The van der Waals surface area contributed by atoms with Crippen LogP contribution in [0.25, 0.3) is 0 Å². The second-order valence-corrected chi connectivity index (χ2v) is 6.08. The smallest absolute Gasteiger partial charge is 0.166 e. The van der Waals surface area contributed by atoms with Crippen LogP contribution in [0, 0.1) is 5.92 Å². The molecular formula is C18H18O2S. The quantitative estimate of drug-likeness (QED) is 0.868. The maximum atomic E-state index is 12.1. The zero-order valence-electron chi connectivity index (χ0n) is 12.2. The van der Waals surface area contributed by atoms with Crippen LogP contribution in [0.3, 0.4) is 0 Å². The lowest BCUT2D eigenvalue weighted by Crippen LogP contribution is -2.02. The Hall–Kier alpha value is -1.74. The van der Waals surface area contributed by atoms with Crippen LogP contribution in [-0.4, -0.2) is 12.9 Å². The van der Waals surface area contributed by atoms with Gasteiger partial charge in [-0.05, 0) is 41.7 Å². The summed E-state index contributed by atoms with van der Waals surface area (Å²) >= 11 is 4.44. The van der Waals surface area contributed by atoms with Gasteiger partial charge in [0, 0.05) is 16.4 Å². The number of carbonyl (C=O) groups is 1. The predicted octanol–water partition coefficient (Wildman–Crippen LogP) is 3.95. The monoisotopic (exact) mass is 298 g/mol. The van der Waals surface area contributed by atoms with E-state index < -0.39 is 0 Å². The number of carbonyl (C=O) groups excluding carboxylic acids is 1. The number of benzene rings is 2. The molecule has 1 atom stereocenters. The molecule has 1 unspecified atom stereocenters. The highest BCUT2D eigenvalue weighted by atomic mass is 32.1. The van der Waals surface area contributed by atoms with Gasteiger partial charge in [0.15, 0.2) is 5.78 Å². The van der Waals surface area contributed by atoms with Gasteiger partial charge in [-0.2, -0.15) is 0 Å². The zero-order chi connectivity index (χ0) is 15.0. The largest absolute Gasteiger partial charge is 0.496 e. The molecule has 108 valence electrons. The number of hydrogen-bond donors (Lipinski definition) is 1. The molecule has 2 nitrogen and oxygen atoms in total. The number of ketones is 1. The SMILES string of the molecule is COc1ccc(Cc2cccc3c2CC(C)C3=O)cc1S. The molecule has 3 rings (SSSR count). The lowest BCUT2D eigenvalue weighted by atomic mass is 9.97. The normalized spacial score (nSPS) is 16.9. The molecule has 0 amide bonds. The number of rotatable bonds is 3. The van der Waals surface area contributed by atoms with Crippen molar-refractivity contribution in [2.24, 2.45) is 5.92 Å². The summed E-state index contributed by atoms with van der Waals surface area (Å²) < 4.78 is 5.23. The summed E-state index contributed by atoms with van der Waals surface area (Å²) in [5.41, 5.74) is 4.54. The molecule has 1 aliphatic rings. The molecule has 0 bridgehead atoms. The summed E-state index contributed by atoms with van der Waals surface area (Å²) in [6, 6.07) is 12.1. The molecule has 0 aromatic heterocycles. The Morgan fingerprint density at radius 3 is 2.81 bits per heavy atom. The van der Waals surface area contributed by atoms with Gasteiger partial charge in [0.05, 0.1) is 7.11 Å². The van der Waals surface area contributed by atoms with E-state index in [1.54, 1.807) is 7.11 Å². The highest BCUT2D eigenvalue weighted by molar-refractivity contribution is 7.80. The van der Waals surface area contributed by atoms with Gasteiger partial charge in [-0.1, -0.05) is 31.2 Å². The Morgan fingerprint density at radius 1 is 1.29 bits per heavy atom. The standard InChI is InChI=1S/C18H18O2S/c1-11-8-15-13(4-3-5-14(15)18(11)19)9-12-6-7-16(20-2)17(21)10-12/h3-7,10-11,21H,8-9H2,1-2H3. The van der Waals surface area contributed by atoms with Crippen molar-refractivity contribution in [2.75, 3.05) is 7.11 Å². The highest BCUT2D eigenvalue weighted by Gasteiger charge is 2.28. The van der Waals surface area contributed by atoms with E-state index >= 15 is 0 Å². The molecule has 1 aliphatic carbocycles. The molecule has 21 heavy (non-hydrogen) atoms. The minimum Gasteiger partial charge on any atom is -0.496 e. The van der Waals surface area contributed by atoms with E-state index in [4.69, 9.17) is 4.74 Å². The number of Topliss-reactive ketones (excluding diaryl/α,β-unsaturated/α-hetero) is 1. The fourth-order valence-electron chi connectivity index (χ4n) is 3.00. The predicted molar refractivity (Wildman–Crippen MR) is 86.7 cm³/mol. The first kappa shape index (κ1) is 14.2. The number of hydrogen-bond acceptors (Lipinski definition) is 3. The second kappa shape index (κ2) is 5.57. The number of fused-ring (bicyclic) bond motifs is 1. The van der Waals surface area contributed by atoms with Crippen LogP contribution in [0.5, 0.6) is 5.75 Å². The van der Waals surface area contributed by atoms with Gasteiger partial charge in [-0.25, -0.2) is 0 Å². The van der Waals surface area contributed by atoms with Crippen molar-refractivity contribution in [3.63, 3.8) is 0 Å². The number of methoxy groups -OCH3 is 1. The first-order chi connectivity index (χ1) is 10.1. The molecule has 0 heterocycles. The topological polar surface area (TPSA) is 26.3 Å². The van der Waals surface area contributed by atoms with Crippen LogP contribution in [0.1, 0.15) is 34.0 Å². The third-order valence-electron chi connectivity index (χ3n) is 4.13. The van der Waals surface area contributed by atoms with Gasteiger partial charge in [0.2, 0.25) is 0 Å². The van der Waals surface area contributed by atoms with Crippen LogP contribution < -0.4 is 4.74 Å². The molecular weight excluding hydrogens is 280 g/mol. The summed E-state index contributed by atoms with van der Waals surface area (Å²) in [5, 5.41) is 0. The highest BCUT2D eigenvalue weighted by Crippen LogP contribution is 2.31. The van der Waals surface area contributed by atoms with Crippen molar-refractivity contribution < 1.29 is 9.53 Å². The molecule has 2 aromatic carbocycles. The average Bonchev–Trinajstić information content (AvgIpc) is 2.76. The van der Waals surface area contributed by atoms with E-state index in [1.165, 1.54) is 16.7 Å². The first-order valence-corrected chi connectivity index (χ1v) is 7.55. The maximum Gasteiger partial charge on any atom is 0.166 e. The summed E-state index contributed by atoms with van der Waals surface area (Å²) in [6.45, 7) is 2.01. The van der Waals surface area contributed by atoms with E-state index in [0.29, 0.717) is 0 Å². The summed E-state index contributed by atoms with van der Waals surface area (Å²) in [7, 11) is 1.64. The molecule has 0 spiro atoms. The van der Waals surface area contributed by atoms with Crippen molar-refractivity contribution in [3.8, 4) is 5.75 Å². The van der Waals surface area contributed by atoms with Crippen molar-refractivity contribution >= 4 is 18.4 Å². The maximum absolute atomic E-state index is 12.1. The fraction of sp³-hybridized carbons (Fsp3) is 0.278. The summed E-state index contributed by atoms with van der Waals surface area (Å²) in [5.74, 6) is 1.16. The Balaban J connectivity index is 1.93. The molecule has 0 saturated carbocycles. The van der Waals surface area contributed by atoms with Crippen LogP contribution >= 0.6 is 12.6 Å². The van der Waals surface area contributed by atoms with E-state index in [2.05, 4.69) is 24.8 Å². The van der Waals surface area contributed by atoms with E-state index in [0.717, 1.165) is 29.1 Å². The van der Waals surface area contributed by atoms with Crippen molar-refractivity contribution in [3.05, 3.63) is 58.7 Å². The minimum atomic E-state index is 0.109.